The van der Waals surface area contributed by atoms with Crippen LogP contribution in [0.4, 0.5) is 5.82 Å². The van der Waals surface area contributed by atoms with E-state index in [-0.39, 0.29) is 46.4 Å². The van der Waals surface area contributed by atoms with Gasteiger partial charge < -0.3 is 20.7 Å². The lowest BCUT2D eigenvalue weighted by Gasteiger charge is -2.30. The summed E-state index contributed by atoms with van der Waals surface area (Å²) in [4.78, 5) is 30.8. The highest BCUT2D eigenvalue weighted by Crippen LogP contribution is 2.30. The van der Waals surface area contributed by atoms with Crippen molar-refractivity contribution in [2.45, 2.75) is 69.9 Å². The summed E-state index contributed by atoms with van der Waals surface area (Å²) in [5.41, 5.74) is 6.91. The van der Waals surface area contributed by atoms with Gasteiger partial charge in [0.05, 0.1) is 11.9 Å². The first-order valence-corrected chi connectivity index (χ1v) is 14.8. The molecule has 1 amide bonds. The SMILES string of the molecule is CCCN(C(=O)c1nnc[nH]1)[C@H](CC)CCc1nc2c(-c3cnc(C(C)(C)O)nc3)cnn2c(N)c1S(C)(=O)=O. The van der Waals surface area contributed by atoms with Crippen molar-refractivity contribution in [3.63, 3.8) is 0 Å². The van der Waals surface area contributed by atoms with Gasteiger partial charge in [-0.05, 0) is 39.5 Å². The van der Waals surface area contributed by atoms with E-state index in [4.69, 9.17) is 10.7 Å². The van der Waals surface area contributed by atoms with Crippen LogP contribution in [0.25, 0.3) is 16.8 Å². The van der Waals surface area contributed by atoms with E-state index in [9.17, 15) is 18.3 Å². The maximum absolute atomic E-state index is 13.1. The van der Waals surface area contributed by atoms with Crippen LogP contribution in [0.1, 0.15) is 69.1 Å². The number of carbonyl (C=O) groups excluding carboxylic acids is 1. The Labute approximate surface area is 232 Å². The molecule has 0 aromatic carbocycles. The fourth-order valence-electron chi connectivity index (χ4n) is 4.63. The molecule has 0 saturated heterocycles. The zero-order chi connectivity index (χ0) is 29.2. The van der Waals surface area contributed by atoms with Crippen LogP contribution in [0.5, 0.6) is 0 Å². The van der Waals surface area contributed by atoms with Crippen LogP contribution in [0.3, 0.4) is 0 Å². The van der Waals surface area contributed by atoms with Crippen LogP contribution >= 0.6 is 0 Å². The number of aliphatic hydroxyl groups is 1. The maximum Gasteiger partial charge on any atom is 0.291 e. The second-order valence-corrected chi connectivity index (χ2v) is 12.1. The number of amides is 1. The number of sulfone groups is 1. The van der Waals surface area contributed by atoms with Crippen molar-refractivity contribution in [1.82, 2.24) is 44.6 Å². The summed E-state index contributed by atoms with van der Waals surface area (Å²) in [6.45, 7) is 7.62. The van der Waals surface area contributed by atoms with Crippen molar-refractivity contribution in [3.05, 3.63) is 42.3 Å². The fraction of sp³-hybridized carbons (Fsp3) is 0.480. The van der Waals surface area contributed by atoms with E-state index in [1.165, 1.54) is 17.0 Å². The number of carbonyl (C=O) groups is 1. The van der Waals surface area contributed by atoms with E-state index < -0.39 is 15.4 Å². The first-order valence-electron chi connectivity index (χ1n) is 12.9. The summed E-state index contributed by atoms with van der Waals surface area (Å²) in [6, 6.07) is -0.212. The van der Waals surface area contributed by atoms with Crippen LogP contribution in [0, 0.1) is 0 Å². The molecule has 1 atom stereocenters. The third-order valence-electron chi connectivity index (χ3n) is 6.56. The highest BCUT2D eigenvalue weighted by molar-refractivity contribution is 7.91. The van der Waals surface area contributed by atoms with E-state index in [1.807, 2.05) is 13.8 Å². The van der Waals surface area contributed by atoms with Gasteiger partial charge in [0.1, 0.15) is 22.6 Å². The Bertz CT molecular complexity index is 1590. The molecule has 4 aromatic rings. The van der Waals surface area contributed by atoms with Crippen LogP contribution in [0.2, 0.25) is 0 Å². The van der Waals surface area contributed by atoms with Crippen molar-refractivity contribution < 1.29 is 18.3 Å². The van der Waals surface area contributed by atoms with E-state index in [1.54, 1.807) is 31.1 Å². The molecule has 0 fully saturated rings. The molecule has 0 spiro atoms. The molecule has 14 nitrogen and oxygen atoms in total. The monoisotopic (exact) mass is 570 g/mol. The number of aromatic amines is 1. The first kappa shape index (κ1) is 29.0. The predicted molar refractivity (Wildman–Crippen MR) is 147 cm³/mol. The molecule has 0 saturated carbocycles. The van der Waals surface area contributed by atoms with Gasteiger partial charge in [0.15, 0.2) is 21.3 Å². The Kier molecular flexibility index (Phi) is 8.16. The highest BCUT2D eigenvalue weighted by atomic mass is 32.2. The maximum atomic E-state index is 13.1. The molecule has 4 aromatic heterocycles. The van der Waals surface area contributed by atoms with E-state index in [0.717, 1.165) is 12.7 Å². The normalized spacial score (nSPS) is 13.1. The van der Waals surface area contributed by atoms with Crippen LogP contribution in [0.15, 0.2) is 29.8 Å². The lowest BCUT2D eigenvalue weighted by Crippen LogP contribution is -2.41. The molecule has 0 bridgehead atoms. The zero-order valence-corrected chi connectivity index (χ0v) is 24.0. The Morgan fingerprint density at radius 2 is 1.93 bits per heavy atom. The molecule has 0 aliphatic rings. The molecule has 0 radical (unpaired) electrons. The third-order valence-corrected chi connectivity index (χ3v) is 7.75. The largest absolute Gasteiger partial charge is 0.382 e. The number of nitrogen functional groups attached to an aromatic ring is 1. The summed E-state index contributed by atoms with van der Waals surface area (Å²) in [7, 11) is -3.77. The van der Waals surface area contributed by atoms with E-state index in [2.05, 4.69) is 30.2 Å². The Morgan fingerprint density at radius 3 is 2.48 bits per heavy atom. The number of aromatic nitrogens is 8. The lowest BCUT2D eigenvalue weighted by molar-refractivity contribution is 0.0649. The van der Waals surface area contributed by atoms with Gasteiger partial charge in [-0.3, -0.25) is 4.79 Å². The fourth-order valence-corrected chi connectivity index (χ4v) is 5.67. The molecule has 4 rings (SSSR count). The molecule has 15 heteroatoms. The quantitative estimate of drug-likeness (QED) is 0.237. The summed E-state index contributed by atoms with van der Waals surface area (Å²) in [5.74, 6) is 0.0700. The summed E-state index contributed by atoms with van der Waals surface area (Å²) in [6.07, 6.45) is 9.09. The van der Waals surface area contributed by atoms with Gasteiger partial charge in [-0.25, -0.2) is 23.4 Å². The number of nitrogens with zero attached hydrogens (tertiary/aromatic N) is 8. The Hall–Kier alpha value is -3.98. The summed E-state index contributed by atoms with van der Waals surface area (Å²) < 4.78 is 27.0. The summed E-state index contributed by atoms with van der Waals surface area (Å²) >= 11 is 0. The topological polar surface area (TPSA) is 198 Å². The van der Waals surface area contributed by atoms with Gasteiger partial charge in [0.25, 0.3) is 5.91 Å². The van der Waals surface area contributed by atoms with Gasteiger partial charge in [-0.15, -0.1) is 10.2 Å². The van der Waals surface area contributed by atoms with Crippen molar-refractivity contribution in [2.24, 2.45) is 0 Å². The minimum atomic E-state index is -3.77. The van der Waals surface area contributed by atoms with Crippen molar-refractivity contribution in [2.75, 3.05) is 18.5 Å². The molecular weight excluding hydrogens is 536 g/mol. The number of hydrogen-bond donors (Lipinski definition) is 3. The van der Waals surface area contributed by atoms with Gasteiger partial charge >= 0.3 is 0 Å². The minimum absolute atomic E-state index is 0.0565. The van der Waals surface area contributed by atoms with Crippen LogP contribution in [-0.2, 0) is 21.9 Å². The molecular formula is C25H34N10O4S. The smallest absolute Gasteiger partial charge is 0.291 e. The molecule has 0 aliphatic heterocycles. The number of anilines is 1. The average molecular weight is 571 g/mol. The minimum Gasteiger partial charge on any atom is -0.382 e. The van der Waals surface area contributed by atoms with E-state index >= 15 is 0 Å². The van der Waals surface area contributed by atoms with Crippen molar-refractivity contribution in [1.29, 1.82) is 0 Å². The third kappa shape index (κ3) is 5.79. The second-order valence-electron chi connectivity index (χ2n) is 10.1. The Balaban J connectivity index is 1.74. The number of nitrogens with one attached hydrogen (secondary N) is 1. The number of aryl methyl sites for hydroxylation is 1. The van der Waals surface area contributed by atoms with E-state index in [0.29, 0.717) is 36.2 Å². The van der Waals surface area contributed by atoms with Gasteiger partial charge in [0, 0.05) is 42.4 Å². The number of H-pyrrole nitrogens is 1. The highest BCUT2D eigenvalue weighted by Gasteiger charge is 2.28. The second kappa shape index (κ2) is 11.3. The van der Waals surface area contributed by atoms with Gasteiger partial charge in [-0.1, -0.05) is 13.8 Å². The first-order chi connectivity index (χ1) is 18.9. The number of rotatable bonds is 11. The van der Waals surface area contributed by atoms with Crippen molar-refractivity contribution >= 4 is 27.2 Å². The standard InChI is InChI=1S/C25H34N10O4S/c1-6-10-34(23(36)21-29-14-30-33-21)16(7-2)8-9-18-19(40(5,38)39)20(26)35-22(32-18)17(13-31-35)15-11-27-24(28-12-15)25(3,4)37/h11-14,16,37H,6-10,26H2,1-5H3,(H,29,30,33)/t16-/m1/s1. The Morgan fingerprint density at radius 1 is 1.23 bits per heavy atom. The number of hydrogen-bond acceptors (Lipinski definition) is 11. The average Bonchev–Trinajstić information content (AvgIpc) is 3.57. The molecule has 4 heterocycles. The summed E-state index contributed by atoms with van der Waals surface area (Å²) in [5, 5.41) is 22.0. The molecule has 0 aliphatic carbocycles. The zero-order valence-electron chi connectivity index (χ0n) is 23.2. The molecule has 214 valence electrons. The van der Waals surface area contributed by atoms with Crippen LogP contribution < -0.4 is 5.73 Å². The van der Waals surface area contributed by atoms with Gasteiger partial charge in [-0.2, -0.15) is 9.61 Å². The molecule has 0 unspecified atom stereocenters. The molecule has 40 heavy (non-hydrogen) atoms. The lowest BCUT2D eigenvalue weighted by atomic mass is 10.0. The number of nitrogens with two attached hydrogens (primary N) is 1. The predicted octanol–water partition coefficient (Wildman–Crippen LogP) is 1.78. The van der Waals surface area contributed by atoms with Crippen LogP contribution in [-0.4, -0.2) is 82.9 Å². The molecule has 4 N–H and O–H groups in total. The van der Waals surface area contributed by atoms with Crippen molar-refractivity contribution in [3.8, 4) is 11.1 Å². The van der Waals surface area contributed by atoms with Gasteiger partial charge in [0.2, 0.25) is 5.82 Å². The number of fused-ring (bicyclic) bond motifs is 1.